The molecule has 4 N–H and O–H groups in total. The van der Waals surface area contributed by atoms with Gasteiger partial charge in [0.1, 0.15) is 5.84 Å². The van der Waals surface area contributed by atoms with E-state index in [9.17, 15) is 4.79 Å². The van der Waals surface area contributed by atoms with Gasteiger partial charge in [0.15, 0.2) is 0 Å². The van der Waals surface area contributed by atoms with Gasteiger partial charge in [0.2, 0.25) is 0 Å². The first-order chi connectivity index (χ1) is 8.43. The van der Waals surface area contributed by atoms with Crippen LogP contribution in [0.4, 0.5) is 0 Å². The Bertz CT molecular complexity index is 479. The van der Waals surface area contributed by atoms with Crippen LogP contribution >= 0.6 is 38.5 Å². The Labute approximate surface area is 127 Å². The van der Waals surface area contributed by atoms with Crippen molar-refractivity contribution in [3.63, 3.8) is 0 Å². The van der Waals surface area contributed by atoms with E-state index in [4.69, 9.17) is 10.9 Å². The van der Waals surface area contributed by atoms with E-state index >= 15 is 0 Å². The number of amidine groups is 1. The van der Waals surface area contributed by atoms with Crippen molar-refractivity contribution in [1.29, 1.82) is 0 Å². The Morgan fingerprint density at radius 1 is 1.67 bits per heavy atom. The minimum absolute atomic E-state index is 0.0896. The molecule has 0 radical (unpaired) electrons. The van der Waals surface area contributed by atoms with Gasteiger partial charge in [-0.1, -0.05) is 21.1 Å². The predicted octanol–water partition coefficient (Wildman–Crippen LogP) is 2.31. The van der Waals surface area contributed by atoms with Crippen molar-refractivity contribution in [3.05, 3.63) is 31.8 Å². The summed E-state index contributed by atoms with van der Waals surface area (Å²) in [5.41, 5.74) is 5.98. The molecule has 0 saturated carbocycles. The number of halogens is 2. The van der Waals surface area contributed by atoms with Crippen molar-refractivity contribution in [2.75, 3.05) is 0 Å². The number of nitrogens with one attached hydrogen (secondary N) is 1. The molecule has 0 fully saturated rings. The van der Waals surface area contributed by atoms with E-state index in [0.717, 1.165) is 8.04 Å². The smallest absolute Gasteiger partial charge is 0.252 e. The maximum absolute atomic E-state index is 12.0. The summed E-state index contributed by atoms with van der Waals surface area (Å²) >= 11 is 5.43. The van der Waals surface area contributed by atoms with Gasteiger partial charge in [-0.25, -0.2) is 0 Å². The van der Waals surface area contributed by atoms with Crippen molar-refractivity contribution in [3.8, 4) is 0 Å². The summed E-state index contributed by atoms with van der Waals surface area (Å²) in [7, 11) is 0. The highest BCUT2D eigenvalue weighted by molar-refractivity contribution is 14.1. The summed E-state index contributed by atoms with van der Waals surface area (Å²) in [6, 6.07) is 5.28. The van der Waals surface area contributed by atoms with Crippen LogP contribution < -0.4 is 11.1 Å². The van der Waals surface area contributed by atoms with Crippen LogP contribution in [0.1, 0.15) is 23.7 Å². The fourth-order valence-electron chi connectivity index (χ4n) is 1.38. The molecule has 98 valence electrons. The summed E-state index contributed by atoms with van der Waals surface area (Å²) in [5, 5.41) is 14.1. The average Bonchev–Trinajstić information content (AvgIpc) is 2.31. The van der Waals surface area contributed by atoms with E-state index in [1.165, 1.54) is 0 Å². The number of hydrogen-bond donors (Lipinski definition) is 3. The van der Waals surface area contributed by atoms with Crippen LogP contribution in [0.25, 0.3) is 0 Å². The largest absolute Gasteiger partial charge is 0.409 e. The lowest BCUT2D eigenvalue weighted by molar-refractivity contribution is 0.0940. The minimum Gasteiger partial charge on any atom is -0.409 e. The monoisotopic (exact) mass is 425 g/mol. The molecular weight excluding hydrogens is 413 g/mol. The summed E-state index contributed by atoms with van der Waals surface area (Å²) in [5.74, 6) is -0.0920. The van der Waals surface area contributed by atoms with Crippen LogP contribution in [0.15, 0.2) is 27.8 Å². The first-order valence-electron chi connectivity index (χ1n) is 5.16. The fourth-order valence-corrected chi connectivity index (χ4v) is 2.32. The molecule has 1 rings (SSSR count). The molecule has 0 aliphatic heterocycles. The van der Waals surface area contributed by atoms with Crippen molar-refractivity contribution < 1.29 is 10.0 Å². The number of carbonyl (C=O) groups excluding carboxylic acids is 1. The maximum atomic E-state index is 12.0. The Hall–Kier alpha value is -0.830. The van der Waals surface area contributed by atoms with Gasteiger partial charge in [0.05, 0.1) is 5.56 Å². The van der Waals surface area contributed by atoms with Gasteiger partial charge in [0, 0.05) is 20.5 Å². The molecule has 18 heavy (non-hydrogen) atoms. The second kappa shape index (κ2) is 6.93. The minimum atomic E-state index is -0.205. The molecular formula is C11H13BrIN3O2. The maximum Gasteiger partial charge on any atom is 0.252 e. The summed E-state index contributed by atoms with van der Waals surface area (Å²) in [6.45, 7) is 1.79. The molecule has 0 heterocycles. The molecule has 1 unspecified atom stereocenters. The second-order valence-electron chi connectivity index (χ2n) is 3.79. The molecule has 0 aliphatic rings. The summed E-state index contributed by atoms with van der Waals surface area (Å²) in [6.07, 6.45) is 0.298. The van der Waals surface area contributed by atoms with Gasteiger partial charge in [-0.15, -0.1) is 0 Å². The standard InChI is InChI=1S/C11H13BrIN3O2/c1-6(4-10(14)16-18)15-11(17)8-5-7(12)2-3-9(8)13/h2-3,5-6,18H,4H2,1H3,(H2,14,16)(H,15,17). The lowest BCUT2D eigenvalue weighted by Gasteiger charge is -2.13. The van der Waals surface area contributed by atoms with Gasteiger partial charge >= 0.3 is 0 Å². The lowest BCUT2D eigenvalue weighted by atomic mass is 10.1. The molecule has 1 aromatic carbocycles. The highest BCUT2D eigenvalue weighted by Crippen LogP contribution is 2.18. The van der Waals surface area contributed by atoms with E-state index in [1.807, 2.05) is 12.1 Å². The number of benzene rings is 1. The quantitative estimate of drug-likeness (QED) is 0.227. The van der Waals surface area contributed by atoms with E-state index in [1.54, 1.807) is 13.0 Å². The molecule has 0 saturated heterocycles. The van der Waals surface area contributed by atoms with Gasteiger partial charge in [-0.05, 0) is 47.7 Å². The molecule has 7 heteroatoms. The Kier molecular flexibility index (Phi) is 5.86. The van der Waals surface area contributed by atoms with Crippen LogP contribution in [0, 0.1) is 3.57 Å². The third kappa shape index (κ3) is 4.45. The van der Waals surface area contributed by atoms with E-state index in [-0.39, 0.29) is 17.8 Å². The molecule has 1 amide bonds. The van der Waals surface area contributed by atoms with Crippen molar-refractivity contribution >= 4 is 50.3 Å². The van der Waals surface area contributed by atoms with Crippen molar-refractivity contribution in [1.82, 2.24) is 5.32 Å². The zero-order chi connectivity index (χ0) is 13.7. The normalized spacial score (nSPS) is 13.2. The van der Waals surface area contributed by atoms with E-state index in [0.29, 0.717) is 12.0 Å². The third-order valence-corrected chi connectivity index (χ3v) is 3.63. The number of oxime groups is 1. The van der Waals surface area contributed by atoms with E-state index in [2.05, 4.69) is 49.0 Å². The number of rotatable bonds is 4. The zero-order valence-corrected chi connectivity index (χ0v) is 13.4. The number of hydrogen-bond acceptors (Lipinski definition) is 3. The van der Waals surface area contributed by atoms with Crippen molar-refractivity contribution in [2.24, 2.45) is 10.9 Å². The number of amides is 1. The molecule has 1 aromatic rings. The Balaban J connectivity index is 2.73. The molecule has 1 atom stereocenters. The first-order valence-corrected chi connectivity index (χ1v) is 7.03. The highest BCUT2D eigenvalue weighted by atomic mass is 127. The van der Waals surface area contributed by atoms with Crippen LogP contribution in [0.5, 0.6) is 0 Å². The lowest BCUT2D eigenvalue weighted by Crippen LogP contribution is -2.36. The van der Waals surface area contributed by atoms with E-state index < -0.39 is 0 Å². The van der Waals surface area contributed by atoms with Crippen LogP contribution in [-0.2, 0) is 0 Å². The molecule has 0 bridgehead atoms. The SMILES string of the molecule is CC(C/C(N)=N/O)NC(=O)c1cc(Br)ccc1I. The highest BCUT2D eigenvalue weighted by Gasteiger charge is 2.14. The Morgan fingerprint density at radius 3 is 2.94 bits per heavy atom. The van der Waals surface area contributed by atoms with Gasteiger partial charge in [-0.2, -0.15) is 0 Å². The number of nitrogens with two attached hydrogens (primary N) is 1. The third-order valence-electron chi connectivity index (χ3n) is 2.19. The fraction of sp³-hybridized carbons (Fsp3) is 0.273. The van der Waals surface area contributed by atoms with Crippen LogP contribution in [-0.4, -0.2) is 23.0 Å². The van der Waals surface area contributed by atoms with Gasteiger partial charge < -0.3 is 16.3 Å². The Morgan fingerprint density at radius 2 is 2.33 bits per heavy atom. The van der Waals surface area contributed by atoms with Crippen LogP contribution in [0.2, 0.25) is 0 Å². The summed E-state index contributed by atoms with van der Waals surface area (Å²) < 4.78 is 1.71. The predicted molar refractivity (Wildman–Crippen MR) is 81.8 cm³/mol. The molecule has 5 nitrogen and oxygen atoms in total. The van der Waals surface area contributed by atoms with Gasteiger partial charge in [0.25, 0.3) is 5.91 Å². The van der Waals surface area contributed by atoms with Crippen molar-refractivity contribution in [2.45, 2.75) is 19.4 Å². The zero-order valence-electron chi connectivity index (χ0n) is 9.65. The molecule has 0 aromatic heterocycles. The molecule has 0 aliphatic carbocycles. The second-order valence-corrected chi connectivity index (χ2v) is 5.87. The number of carbonyl (C=O) groups is 1. The average molecular weight is 426 g/mol. The summed E-state index contributed by atoms with van der Waals surface area (Å²) in [4.78, 5) is 12.0. The first kappa shape index (κ1) is 15.2. The van der Waals surface area contributed by atoms with Gasteiger partial charge in [-0.3, -0.25) is 4.79 Å². The number of nitrogens with zero attached hydrogens (tertiary/aromatic N) is 1. The molecule has 0 spiro atoms. The van der Waals surface area contributed by atoms with Crippen LogP contribution in [0.3, 0.4) is 0 Å². The topological polar surface area (TPSA) is 87.7 Å².